The molecule has 0 heterocycles. The van der Waals surface area contributed by atoms with Crippen molar-refractivity contribution >= 4 is 38.9 Å². The minimum Gasteiger partial charge on any atom is -0.294 e. The third-order valence-corrected chi connectivity index (χ3v) is 2.01. The predicted octanol–water partition coefficient (Wildman–Crippen LogP) is 3.26. The Morgan fingerprint density at radius 3 is 1.90 bits per heavy atom. The van der Waals surface area contributed by atoms with Gasteiger partial charge in [-0.15, -0.1) is 0 Å². The molecule has 0 saturated heterocycles. The first-order valence-electron chi connectivity index (χ1n) is 2.99. The molecular weight excluding hydrogens is 257 g/mol. The highest BCUT2D eigenvalue weighted by molar-refractivity contribution is 14.1. The van der Waals surface area contributed by atoms with Crippen molar-refractivity contribution in [3.05, 3.63) is 11.0 Å². The average molecular weight is 269 g/mol. The van der Waals surface area contributed by atoms with Crippen molar-refractivity contribution in [1.29, 1.82) is 5.41 Å². The fourth-order valence-electron chi connectivity index (χ4n) is 0.580. The van der Waals surface area contributed by atoms with Gasteiger partial charge in [-0.2, -0.15) is 12.6 Å². The van der Waals surface area contributed by atoms with E-state index in [0.29, 0.717) is 3.72 Å². The zero-order chi connectivity index (χ0) is 8.36. The van der Waals surface area contributed by atoms with E-state index in [1.807, 2.05) is 22.6 Å². The summed E-state index contributed by atoms with van der Waals surface area (Å²) in [5.41, 5.74) is 1.02. The van der Waals surface area contributed by atoms with Crippen LogP contribution in [0.15, 0.2) is 11.0 Å². The van der Waals surface area contributed by atoms with E-state index in [4.69, 9.17) is 5.41 Å². The number of rotatable bonds is 1. The molecule has 0 aromatic rings. The van der Waals surface area contributed by atoms with Gasteiger partial charge in [0.25, 0.3) is 0 Å². The monoisotopic (exact) mass is 269 g/mol. The second-order valence-corrected chi connectivity index (χ2v) is 4.44. The van der Waals surface area contributed by atoms with Crippen LogP contribution in [-0.2, 0) is 0 Å². The Bertz CT molecular complexity index is 167. The van der Waals surface area contributed by atoms with Crippen LogP contribution in [0.3, 0.4) is 0 Å². The lowest BCUT2D eigenvalue weighted by atomic mass is 9.88. The molecule has 0 amide bonds. The molecule has 1 nitrogen and oxygen atoms in total. The van der Waals surface area contributed by atoms with Gasteiger partial charge in [0.05, 0.1) is 3.72 Å². The quantitative estimate of drug-likeness (QED) is 0.415. The zero-order valence-electron chi connectivity index (χ0n) is 6.40. The van der Waals surface area contributed by atoms with E-state index in [1.165, 1.54) is 0 Å². The smallest absolute Gasteiger partial charge is 0.0962 e. The summed E-state index contributed by atoms with van der Waals surface area (Å²) < 4.78 is 0.570. The molecule has 0 aromatic heterocycles. The Labute approximate surface area is 81.3 Å². The van der Waals surface area contributed by atoms with Gasteiger partial charge in [0.15, 0.2) is 0 Å². The van der Waals surface area contributed by atoms with Crippen LogP contribution in [0, 0.1) is 10.8 Å². The fraction of sp³-hybridized carbons (Fsp3) is 0.571. The van der Waals surface area contributed by atoms with E-state index in [2.05, 4.69) is 33.4 Å². The molecule has 0 bridgehead atoms. The van der Waals surface area contributed by atoms with E-state index < -0.39 is 0 Å². The second kappa shape index (κ2) is 3.76. The standard InChI is InChI=1S/C7H12INS/c1-7(2,3)5(4-10)6(8)9/h4,9-10H,1-3H3/b5-4+,9-6?. The van der Waals surface area contributed by atoms with E-state index in [-0.39, 0.29) is 5.41 Å². The predicted molar refractivity (Wildman–Crippen MR) is 58.3 cm³/mol. The Morgan fingerprint density at radius 2 is 1.90 bits per heavy atom. The molecule has 0 fully saturated rings. The summed E-state index contributed by atoms with van der Waals surface area (Å²) in [6.45, 7) is 6.22. The van der Waals surface area contributed by atoms with Gasteiger partial charge in [-0.3, -0.25) is 5.41 Å². The van der Waals surface area contributed by atoms with Crippen molar-refractivity contribution in [3.8, 4) is 0 Å². The van der Waals surface area contributed by atoms with Crippen LogP contribution in [0.2, 0.25) is 0 Å². The molecule has 0 aliphatic carbocycles. The van der Waals surface area contributed by atoms with Crippen LogP contribution in [0.1, 0.15) is 20.8 Å². The van der Waals surface area contributed by atoms with Gasteiger partial charge in [0.1, 0.15) is 0 Å². The Morgan fingerprint density at radius 1 is 1.50 bits per heavy atom. The van der Waals surface area contributed by atoms with Crippen molar-refractivity contribution in [3.63, 3.8) is 0 Å². The van der Waals surface area contributed by atoms with Gasteiger partial charge < -0.3 is 0 Å². The number of thiol groups is 1. The number of nitrogens with one attached hydrogen (secondary N) is 1. The van der Waals surface area contributed by atoms with Gasteiger partial charge in [0, 0.05) is 0 Å². The number of hydrogen-bond donors (Lipinski definition) is 2. The minimum atomic E-state index is 0.0417. The van der Waals surface area contributed by atoms with Gasteiger partial charge in [0.2, 0.25) is 0 Å². The topological polar surface area (TPSA) is 23.9 Å². The van der Waals surface area contributed by atoms with Crippen molar-refractivity contribution in [1.82, 2.24) is 0 Å². The highest BCUT2D eigenvalue weighted by Gasteiger charge is 2.18. The van der Waals surface area contributed by atoms with Crippen molar-refractivity contribution < 1.29 is 0 Å². The molecule has 1 N–H and O–H groups in total. The molecule has 0 saturated carbocycles. The fourth-order valence-corrected chi connectivity index (χ4v) is 2.31. The summed E-state index contributed by atoms with van der Waals surface area (Å²) in [4.78, 5) is 0. The average Bonchev–Trinajstić information content (AvgIpc) is 1.60. The highest BCUT2D eigenvalue weighted by Crippen LogP contribution is 2.28. The van der Waals surface area contributed by atoms with E-state index >= 15 is 0 Å². The van der Waals surface area contributed by atoms with Gasteiger partial charge in [-0.05, 0) is 39.0 Å². The van der Waals surface area contributed by atoms with E-state index in [1.54, 1.807) is 5.41 Å². The first kappa shape index (κ1) is 10.5. The number of halogens is 1. The second-order valence-electron chi connectivity index (χ2n) is 3.11. The van der Waals surface area contributed by atoms with Crippen LogP contribution in [0.4, 0.5) is 0 Å². The summed E-state index contributed by atoms with van der Waals surface area (Å²) in [5.74, 6) is 0. The van der Waals surface area contributed by atoms with Crippen molar-refractivity contribution in [2.75, 3.05) is 0 Å². The lowest BCUT2D eigenvalue weighted by Crippen LogP contribution is -2.12. The Hall–Kier alpha value is 0.490. The lowest BCUT2D eigenvalue weighted by molar-refractivity contribution is 0.527. The van der Waals surface area contributed by atoms with E-state index in [9.17, 15) is 0 Å². The lowest BCUT2D eigenvalue weighted by Gasteiger charge is -2.20. The number of allylic oxidation sites excluding steroid dienone is 1. The summed E-state index contributed by atoms with van der Waals surface area (Å²) in [6.07, 6.45) is 0. The summed E-state index contributed by atoms with van der Waals surface area (Å²) in [6, 6.07) is 0. The number of hydrogen-bond acceptors (Lipinski definition) is 2. The van der Waals surface area contributed by atoms with E-state index in [0.717, 1.165) is 5.57 Å². The Balaban J connectivity index is 4.56. The molecule has 0 atom stereocenters. The van der Waals surface area contributed by atoms with Crippen LogP contribution in [-0.4, -0.2) is 3.72 Å². The van der Waals surface area contributed by atoms with Crippen LogP contribution < -0.4 is 0 Å². The molecule has 10 heavy (non-hydrogen) atoms. The Kier molecular flexibility index (Phi) is 3.94. The SMILES string of the molecule is CC(C)(C)/C(=C/S)C(=N)I. The molecule has 0 aromatic carbocycles. The molecule has 0 spiro atoms. The molecule has 0 unspecified atom stereocenters. The van der Waals surface area contributed by atoms with Crippen LogP contribution >= 0.6 is 35.2 Å². The van der Waals surface area contributed by atoms with Crippen LogP contribution in [0.25, 0.3) is 0 Å². The molecule has 0 radical (unpaired) electrons. The van der Waals surface area contributed by atoms with Gasteiger partial charge in [-0.25, -0.2) is 0 Å². The van der Waals surface area contributed by atoms with Gasteiger partial charge >= 0.3 is 0 Å². The summed E-state index contributed by atoms with van der Waals surface area (Å²) in [5, 5.41) is 9.08. The maximum atomic E-state index is 7.38. The highest BCUT2D eigenvalue weighted by atomic mass is 127. The van der Waals surface area contributed by atoms with Gasteiger partial charge in [-0.1, -0.05) is 20.8 Å². The summed E-state index contributed by atoms with van der Waals surface area (Å²) >= 11 is 6.04. The third kappa shape index (κ3) is 3.05. The molecule has 0 rings (SSSR count). The van der Waals surface area contributed by atoms with Crippen LogP contribution in [0.5, 0.6) is 0 Å². The maximum absolute atomic E-state index is 7.38. The first-order valence-corrected chi connectivity index (χ1v) is 4.58. The normalized spacial score (nSPS) is 13.5. The first-order chi connectivity index (χ1) is 4.39. The molecule has 0 aliphatic rings. The summed E-state index contributed by atoms with van der Waals surface area (Å²) in [7, 11) is 0. The maximum Gasteiger partial charge on any atom is 0.0962 e. The molecular formula is C7H12INS. The molecule has 3 heteroatoms. The molecule has 0 aliphatic heterocycles. The molecule has 58 valence electrons. The largest absolute Gasteiger partial charge is 0.294 e. The van der Waals surface area contributed by atoms with Crippen molar-refractivity contribution in [2.24, 2.45) is 5.41 Å². The third-order valence-electron chi connectivity index (χ3n) is 1.17. The minimum absolute atomic E-state index is 0.0417. The zero-order valence-corrected chi connectivity index (χ0v) is 9.45. The van der Waals surface area contributed by atoms with Crippen molar-refractivity contribution in [2.45, 2.75) is 20.8 Å².